The molecule has 0 unspecified atom stereocenters. The second kappa shape index (κ2) is 8.02. The molecule has 164 valence electrons. The second-order valence-corrected chi connectivity index (χ2v) is 7.99. The molecule has 7 heteroatoms. The highest BCUT2D eigenvalue weighted by molar-refractivity contribution is 6.34. The molecule has 2 aliphatic heterocycles. The fraction of sp³-hybridized carbons (Fsp3) is 0.154. The number of nitrogens with zero attached hydrogens (tertiary/aromatic N) is 2. The van der Waals surface area contributed by atoms with Gasteiger partial charge < -0.3 is 10.2 Å². The molecule has 2 aliphatic rings. The van der Waals surface area contributed by atoms with E-state index < -0.39 is 0 Å². The number of fused-ring (bicyclic) bond motifs is 2. The zero-order chi connectivity index (χ0) is 23.1. The zero-order valence-electron chi connectivity index (χ0n) is 18.0. The molecule has 4 amide bonds. The number of carbonyl (C=O) groups is 4. The fourth-order valence-electron chi connectivity index (χ4n) is 4.34. The molecule has 0 saturated carbocycles. The van der Waals surface area contributed by atoms with Crippen LogP contribution in [0.1, 0.15) is 50.0 Å². The van der Waals surface area contributed by atoms with Gasteiger partial charge in [-0.15, -0.1) is 0 Å². The molecule has 0 spiro atoms. The Bertz CT molecular complexity index is 1300. The van der Waals surface area contributed by atoms with Crippen LogP contribution < -0.4 is 15.1 Å². The minimum absolute atomic E-state index is 0.0657. The molecule has 0 aromatic heterocycles. The Balaban J connectivity index is 1.36. The van der Waals surface area contributed by atoms with Gasteiger partial charge in [0.1, 0.15) is 0 Å². The average Bonchev–Trinajstić information content (AvgIpc) is 3.37. The quantitative estimate of drug-likeness (QED) is 0.622. The van der Waals surface area contributed by atoms with Gasteiger partial charge in [0.15, 0.2) is 0 Å². The van der Waals surface area contributed by atoms with Crippen molar-refractivity contribution in [1.82, 2.24) is 0 Å². The van der Waals surface area contributed by atoms with Crippen molar-refractivity contribution in [1.29, 1.82) is 0 Å². The first kappa shape index (κ1) is 20.6. The predicted molar refractivity (Wildman–Crippen MR) is 125 cm³/mol. The molecule has 0 bridgehead atoms. The third-order valence-electron chi connectivity index (χ3n) is 6.00. The van der Waals surface area contributed by atoms with Crippen LogP contribution in [0.5, 0.6) is 0 Å². The predicted octanol–water partition coefficient (Wildman–Crippen LogP) is 4.04. The molecule has 33 heavy (non-hydrogen) atoms. The SMILES string of the molecule is CCC(=O)N1CCc2cc(C(=O)Nc3cccc(N4C(=O)c5ccccc5C4=O)c3)ccc21. The molecule has 0 aliphatic carbocycles. The van der Waals surface area contributed by atoms with Gasteiger partial charge in [0.25, 0.3) is 17.7 Å². The minimum atomic E-state index is -0.385. The van der Waals surface area contributed by atoms with Crippen LogP contribution in [-0.2, 0) is 11.2 Å². The highest BCUT2D eigenvalue weighted by Crippen LogP contribution is 2.31. The third-order valence-corrected chi connectivity index (χ3v) is 6.00. The highest BCUT2D eigenvalue weighted by atomic mass is 16.2. The van der Waals surface area contributed by atoms with E-state index in [2.05, 4.69) is 5.32 Å². The maximum absolute atomic E-state index is 12.9. The number of rotatable bonds is 4. The largest absolute Gasteiger partial charge is 0.322 e. The molecule has 0 fully saturated rings. The Morgan fingerprint density at radius 3 is 2.33 bits per heavy atom. The molecule has 3 aromatic carbocycles. The number of nitrogens with one attached hydrogen (secondary N) is 1. The van der Waals surface area contributed by atoms with Crippen LogP contribution in [0, 0.1) is 0 Å². The van der Waals surface area contributed by atoms with Gasteiger partial charge >= 0.3 is 0 Å². The molecule has 0 saturated heterocycles. The van der Waals surface area contributed by atoms with Gasteiger partial charge in [-0.3, -0.25) is 19.2 Å². The third kappa shape index (κ3) is 3.47. The van der Waals surface area contributed by atoms with Crippen LogP contribution in [0.25, 0.3) is 0 Å². The summed E-state index contributed by atoms with van der Waals surface area (Å²) in [6, 6.07) is 18.7. The molecule has 0 radical (unpaired) electrons. The molecule has 1 N–H and O–H groups in total. The van der Waals surface area contributed by atoms with Crippen molar-refractivity contribution >= 4 is 40.7 Å². The van der Waals surface area contributed by atoms with E-state index in [1.807, 2.05) is 13.0 Å². The smallest absolute Gasteiger partial charge is 0.266 e. The van der Waals surface area contributed by atoms with E-state index in [1.54, 1.807) is 65.6 Å². The number of hydrogen-bond donors (Lipinski definition) is 1. The van der Waals surface area contributed by atoms with E-state index in [4.69, 9.17) is 0 Å². The summed E-state index contributed by atoms with van der Waals surface area (Å²) in [6.07, 6.45) is 1.14. The van der Waals surface area contributed by atoms with Crippen molar-refractivity contribution in [2.75, 3.05) is 21.7 Å². The van der Waals surface area contributed by atoms with Crippen LogP contribution in [-0.4, -0.2) is 30.2 Å². The number of amides is 4. The van der Waals surface area contributed by atoms with Gasteiger partial charge in [-0.1, -0.05) is 25.1 Å². The Labute approximate surface area is 190 Å². The summed E-state index contributed by atoms with van der Waals surface area (Å²) >= 11 is 0. The standard InChI is InChI=1S/C26H21N3O4/c1-2-23(30)28-13-12-16-14-17(10-11-22(16)28)24(31)27-18-6-5-7-19(15-18)29-25(32)20-8-3-4-9-21(20)26(29)33/h3-11,14-15H,2,12-13H2,1H3,(H,27,31). The van der Waals surface area contributed by atoms with Crippen molar-refractivity contribution < 1.29 is 19.2 Å². The molecule has 3 aromatic rings. The van der Waals surface area contributed by atoms with Crippen LogP contribution in [0.15, 0.2) is 66.7 Å². The van der Waals surface area contributed by atoms with Gasteiger partial charge in [0.2, 0.25) is 5.91 Å². The lowest BCUT2D eigenvalue weighted by atomic mass is 10.1. The van der Waals surface area contributed by atoms with Crippen molar-refractivity contribution in [3.63, 3.8) is 0 Å². The molecule has 7 nitrogen and oxygen atoms in total. The fourth-order valence-corrected chi connectivity index (χ4v) is 4.34. The van der Waals surface area contributed by atoms with Gasteiger partial charge in [-0.05, 0) is 60.5 Å². The van der Waals surface area contributed by atoms with Gasteiger partial charge in [0.05, 0.1) is 16.8 Å². The maximum Gasteiger partial charge on any atom is 0.266 e. The second-order valence-electron chi connectivity index (χ2n) is 7.99. The minimum Gasteiger partial charge on any atom is -0.322 e. The number of benzene rings is 3. The summed E-state index contributed by atoms with van der Waals surface area (Å²) in [6.45, 7) is 2.45. The number of carbonyl (C=O) groups excluding carboxylic acids is 4. The number of imide groups is 1. The van der Waals surface area contributed by atoms with E-state index in [0.29, 0.717) is 47.5 Å². The first-order valence-corrected chi connectivity index (χ1v) is 10.8. The Morgan fingerprint density at radius 1 is 0.909 bits per heavy atom. The van der Waals surface area contributed by atoms with E-state index in [0.717, 1.165) is 16.2 Å². The van der Waals surface area contributed by atoms with Gasteiger partial charge in [0, 0.05) is 29.9 Å². The lowest BCUT2D eigenvalue weighted by molar-refractivity contribution is -0.118. The van der Waals surface area contributed by atoms with E-state index in [9.17, 15) is 19.2 Å². The van der Waals surface area contributed by atoms with Crippen LogP contribution >= 0.6 is 0 Å². The maximum atomic E-state index is 12.9. The lowest BCUT2D eigenvalue weighted by Crippen LogP contribution is -2.29. The van der Waals surface area contributed by atoms with Crippen molar-refractivity contribution in [3.8, 4) is 0 Å². The van der Waals surface area contributed by atoms with Crippen molar-refractivity contribution in [2.45, 2.75) is 19.8 Å². The normalized spacial score (nSPS) is 14.3. The summed E-state index contributed by atoms with van der Waals surface area (Å²) in [5.74, 6) is -1.01. The van der Waals surface area contributed by atoms with Crippen LogP contribution in [0.3, 0.4) is 0 Å². The topological polar surface area (TPSA) is 86.8 Å². The molecule has 2 heterocycles. The first-order valence-electron chi connectivity index (χ1n) is 10.8. The van der Waals surface area contributed by atoms with Gasteiger partial charge in [-0.2, -0.15) is 0 Å². The van der Waals surface area contributed by atoms with Crippen LogP contribution in [0.2, 0.25) is 0 Å². The summed E-state index contributed by atoms with van der Waals surface area (Å²) in [5, 5.41) is 2.84. The molecular formula is C26H21N3O4. The Hall–Kier alpha value is -4.26. The summed E-state index contributed by atoms with van der Waals surface area (Å²) in [5.41, 5.74) is 3.89. The Morgan fingerprint density at radius 2 is 1.64 bits per heavy atom. The Kier molecular flexibility index (Phi) is 5.01. The number of anilines is 3. The number of hydrogen-bond acceptors (Lipinski definition) is 4. The molecular weight excluding hydrogens is 418 g/mol. The van der Waals surface area contributed by atoms with E-state index in [1.165, 1.54) is 0 Å². The summed E-state index contributed by atoms with van der Waals surface area (Å²) < 4.78 is 0. The summed E-state index contributed by atoms with van der Waals surface area (Å²) in [7, 11) is 0. The van der Waals surface area contributed by atoms with Crippen LogP contribution in [0.4, 0.5) is 17.1 Å². The highest BCUT2D eigenvalue weighted by Gasteiger charge is 2.36. The molecule has 0 atom stereocenters. The average molecular weight is 439 g/mol. The first-order chi connectivity index (χ1) is 16.0. The van der Waals surface area contributed by atoms with Crippen molar-refractivity contribution in [2.24, 2.45) is 0 Å². The zero-order valence-corrected chi connectivity index (χ0v) is 18.0. The lowest BCUT2D eigenvalue weighted by Gasteiger charge is -2.17. The monoisotopic (exact) mass is 439 g/mol. The van der Waals surface area contributed by atoms with Crippen molar-refractivity contribution in [3.05, 3.63) is 89.0 Å². The van der Waals surface area contributed by atoms with E-state index >= 15 is 0 Å². The van der Waals surface area contributed by atoms with E-state index in [-0.39, 0.29) is 23.6 Å². The summed E-state index contributed by atoms with van der Waals surface area (Å²) in [4.78, 5) is 53.4. The molecule has 5 rings (SSSR count). The van der Waals surface area contributed by atoms with Gasteiger partial charge in [-0.25, -0.2) is 4.90 Å².